The summed E-state index contributed by atoms with van der Waals surface area (Å²) < 4.78 is 0. The Labute approximate surface area is 178 Å². The van der Waals surface area contributed by atoms with Gasteiger partial charge in [-0.2, -0.15) is 10.5 Å². The SMILES string of the molecule is N#CC(=CNc1ccc(N(C(=O)c2ccccc2)c2ccccc2)cc1)c1nn[nH]n1. The summed E-state index contributed by atoms with van der Waals surface area (Å²) in [6.07, 6.45) is 1.50. The van der Waals surface area contributed by atoms with Gasteiger partial charge in [-0.15, -0.1) is 10.2 Å². The average Bonchev–Trinajstić information content (AvgIpc) is 3.37. The van der Waals surface area contributed by atoms with Gasteiger partial charge in [0.2, 0.25) is 5.82 Å². The standard InChI is InChI=1S/C23H17N7O/c24-15-18(22-26-28-29-27-22)16-25-19-11-13-21(14-12-19)30(20-9-5-2-6-10-20)23(31)17-7-3-1-4-8-17/h1-14,16,25H,(H,26,27,28,29). The molecule has 2 N–H and O–H groups in total. The van der Waals surface area contributed by atoms with Crippen molar-refractivity contribution in [2.75, 3.05) is 10.2 Å². The third-order valence-electron chi connectivity index (χ3n) is 4.45. The molecule has 0 bridgehead atoms. The van der Waals surface area contributed by atoms with E-state index in [1.165, 1.54) is 6.20 Å². The first-order valence-corrected chi connectivity index (χ1v) is 9.41. The van der Waals surface area contributed by atoms with Crippen LogP contribution in [0.5, 0.6) is 0 Å². The molecule has 0 atom stereocenters. The van der Waals surface area contributed by atoms with E-state index in [0.717, 1.165) is 11.4 Å². The first-order chi connectivity index (χ1) is 15.3. The number of H-pyrrole nitrogens is 1. The topological polar surface area (TPSA) is 111 Å². The predicted molar refractivity (Wildman–Crippen MR) is 117 cm³/mol. The van der Waals surface area contributed by atoms with Crippen LogP contribution in [0.4, 0.5) is 17.1 Å². The molecule has 0 saturated carbocycles. The Balaban J connectivity index is 1.61. The highest BCUT2D eigenvalue weighted by molar-refractivity contribution is 6.10. The summed E-state index contributed by atoms with van der Waals surface area (Å²) >= 11 is 0. The van der Waals surface area contributed by atoms with Gasteiger partial charge < -0.3 is 5.32 Å². The van der Waals surface area contributed by atoms with Crippen LogP contribution in [0.15, 0.2) is 91.1 Å². The van der Waals surface area contributed by atoms with Crippen LogP contribution in [0, 0.1) is 11.3 Å². The summed E-state index contributed by atoms with van der Waals surface area (Å²) in [5.74, 6) is 0.0756. The van der Waals surface area contributed by atoms with Crippen LogP contribution in [0.1, 0.15) is 16.2 Å². The van der Waals surface area contributed by atoms with Gasteiger partial charge in [0.15, 0.2) is 0 Å². The molecule has 4 aromatic rings. The number of tetrazole rings is 1. The summed E-state index contributed by atoms with van der Waals surface area (Å²) in [5.41, 5.74) is 3.05. The lowest BCUT2D eigenvalue weighted by molar-refractivity contribution is 0.0999. The lowest BCUT2D eigenvalue weighted by Gasteiger charge is -2.23. The Morgan fingerprint density at radius 3 is 2.19 bits per heavy atom. The van der Waals surface area contributed by atoms with E-state index in [4.69, 9.17) is 0 Å². The molecule has 0 aliphatic heterocycles. The van der Waals surface area contributed by atoms with Gasteiger partial charge in [-0.1, -0.05) is 36.4 Å². The van der Waals surface area contributed by atoms with Crippen molar-refractivity contribution in [3.63, 3.8) is 0 Å². The maximum Gasteiger partial charge on any atom is 0.262 e. The van der Waals surface area contributed by atoms with E-state index in [-0.39, 0.29) is 17.3 Å². The number of anilines is 3. The second-order valence-corrected chi connectivity index (χ2v) is 6.44. The summed E-state index contributed by atoms with van der Waals surface area (Å²) in [5, 5.41) is 25.7. The zero-order chi connectivity index (χ0) is 21.5. The van der Waals surface area contributed by atoms with Gasteiger partial charge >= 0.3 is 0 Å². The molecule has 150 valence electrons. The third-order valence-corrected chi connectivity index (χ3v) is 4.45. The van der Waals surface area contributed by atoms with E-state index in [0.29, 0.717) is 11.3 Å². The number of hydrogen-bond donors (Lipinski definition) is 2. The lowest BCUT2D eigenvalue weighted by Crippen LogP contribution is -2.25. The molecule has 0 aliphatic carbocycles. The molecular formula is C23H17N7O. The fraction of sp³-hybridized carbons (Fsp3) is 0. The Hall–Kier alpha value is -4.77. The fourth-order valence-electron chi connectivity index (χ4n) is 2.96. The van der Waals surface area contributed by atoms with Crippen molar-refractivity contribution in [1.82, 2.24) is 20.6 Å². The van der Waals surface area contributed by atoms with Crippen molar-refractivity contribution in [3.05, 3.63) is 103 Å². The molecule has 8 nitrogen and oxygen atoms in total. The highest BCUT2D eigenvalue weighted by Gasteiger charge is 2.19. The number of carbonyl (C=O) groups excluding carboxylic acids is 1. The number of nitrogens with one attached hydrogen (secondary N) is 2. The second-order valence-electron chi connectivity index (χ2n) is 6.44. The Morgan fingerprint density at radius 1 is 0.935 bits per heavy atom. The van der Waals surface area contributed by atoms with E-state index in [1.807, 2.05) is 78.9 Å². The lowest BCUT2D eigenvalue weighted by atomic mass is 10.1. The maximum atomic E-state index is 13.3. The molecule has 8 heteroatoms. The van der Waals surface area contributed by atoms with Crippen molar-refractivity contribution in [2.24, 2.45) is 0 Å². The normalized spacial score (nSPS) is 10.9. The number of hydrogen-bond acceptors (Lipinski definition) is 6. The monoisotopic (exact) mass is 407 g/mol. The summed E-state index contributed by atoms with van der Waals surface area (Å²) in [6, 6.07) is 28.0. The van der Waals surface area contributed by atoms with Crippen LogP contribution in [0.2, 0.25) is 0 Å². The molecule has 3 aromatic carbocycles. The van der Waals surface area contributed by atoms with E-state index in [2.05, 4.69) is 25.9 Å². The van der Waals surface area contributed by atoms with Gasteiger partial charge in [-0.25, -0.2) is 0 Å². The first-order valence-electron chi connectivity index (χ1n) is 9.41. The molecule has 4 rings (SSSR count). The van der Waals surface area contributed by atoms with Gasteiger partial charge in [-0.3, -0.25) is 9.69 Å². The van der Waals surface area contributed by atoms with Gasteiger partial charge in [0.05, 0.1) is 0 Å². The quantitative estimate of drug-likeness (QED) is 0.465. The molecule has 1 heterocycles. The Morgan fingerprint density at radius 2 is 1.58 bits per heavy atom. The maximum absolute atomic E-state index is 13.3. The second kappa shape index (κ2) is 9.15. The Bertz CT molecular complexity index is 1210. The number of amides is 1. The summed E-state index contributed by atoms with van der Waals surface area (Å²) in [6.45, 7) is 0. The number of para-hydroxylation sites is 1. The molecule has 0 radical (unpaired) electrons. The largest absolute Gasteiger partial charge is 0.360 e. The molecule has 31 heavy (non-hydrogen) atoms. The van der Waals surface area contributed by atoms with Crippen molar-refractivity contribution < 1.29 is 4.79 Å². The smallest absolute Gasteiger partial charge is 0.262 e. The predicted octanol–water partition coefficient (Wildman–Crippen LogP) is 4.15. The highest BCUT2D eigenvalue weighted by Crippen LogP contribution is 2.28. The minimum atomic E-state index is -0.128. The minimum Gasteiger partial charge on any atom is -0.360 e. The van der Waals surface area contributed by atoms with Crippen LogP contribution >= 0.6 is 0 Å². The van der Waals surface area contributed by atoms with E-state index < -0.39 is 0 Å². The molecule has 0 saturated heterocycles. The average molecular weight is 407 g/mol. The number of benzene rings is 3. The van der Waals surface area contributed by atoms with Crippen molar-refractivity contribution in [1.29, 1.82) is 5.26 Å². The highest BCUT2D eigenvalue weighted by atomic mass is 16.2. The van der Waals surface area contributed by atoms with Crippen LogP contribution in [-0.2, 0) is 0 Å². The molecule has 0 aliphatic rings. The van der Waals surface area contributed by atoms with Gasteiger partial charge in [-0.05, 0) is 53.7 Å². The number of nitriles is 1. The number of aromatic nitrogens is 4. The van der Waals surface area contributed by atoms with Crippen molar-refractivity contribution in [3.8, 4) is 6.07 Å². The number of nitrogens with zero attached hydrogens (tertiary/aromatic N) is 5. The summed E-state index contributed by atoms with van der Waals surface area (Å²) in [7, 11) is 0. The number of aromatic amines is 1. The van der Waals surface area contributed by atoms with Crippen molar-refractivity contribution >= 4 is 28.5 Å². The first kappa shape index (κ1) is 19.5. The molecule has 0 unspecified atom stereocenters. The third kappa shape index (κ3) is 4.46. The molecule has 1 aromatic heterocycles. The van der Waals surface area contributed by atoms with Crippen LogP contribution in [0.25, 0.3) is 5.57 Å². The van der Waals surface area contributed by atoms with Crippen LogP contribution in [0.3, 0.4) is 0 Å². The fourth-order valence-corrected chi connectivity index (χ4v) is 2.96. The Kier molecular flexibility index (Phi) is 5.77. The molecule has 1 amide bonds. The number of rotatable bonds is 6. The minimum absolute atomic E-state index is 0.128. The van der Waals surface area contributed by atoms with Gasteiger partial charge in [0.1, 0.15) is 11.6 Å². The molecule has 0 fully saturated rings. The van der Waals surface area contributed by atoms with E-state index >= 15 is 0 Å². The zero-order valence-corrected chi connectivity index (χ0v) is 16.3. The van der Waals surface area contributed by atoms with Crippen LogP contribution in [-0.4, -0.2) is 26.5 Å². The summed E-state index contributed by atoms with van der Waals surface area (Å²) in [4.78, 5) is 14.9. The van der Waals surface area contributed by atoms with Gasteiger partial charge in [0, 0.05) is 28.8 Å². The molecular weight excluding hydrogens is 390 g/mol. The number of carbonyl (C=O) groups is 1. The molecule has 0 spiro atoms. The van der Waals surface area contributed by atoms with E-state index in [9.17, 15) is 10.1 Å². The van der Waals surface area contributed by atoms with Crippen molar-refractivity contribution in [2.45, 2.75) is 0 Å². The number of allylic oxidation sites excluding steroid dienone is 1. The van der Waals surface area contributed by atoms with Gasteiger partial charge in [0.25, 0.3) is 5.91 Å². The zero-order valence-electron chi connectivity index (χ0n) is 16.3. The van der Waals surface area contributed by atoms with E-state index in [1.54, 1.807) is 17.0 Å². The van der Waals surface area contributed by atoms with Crippen LogP contribution < -0.4 is 10.2 Å².